The number of nitrogens with zero attached hydrogens (tertiary/aromatic N) is 1. The average Bonchev–Trinajstić information content (AvgIpc) is 2.73. The minimum atomic E-state index is -0.848. The van der Waals surface area contributed by atoms with Crippen LogP contribution in [0.5, 0.6) is 0 Å². The molecule has 0 aliphatic carbocycles. The van der Waals surface area contributed by atoms with Crippen LogP contribution in [0.15, 0.2) is 18.3 Å². The monoisotopic (exact) mass is 244 g/mol. The van der Waals surface area contributed by atoms with Gasteiger partial charge in [0.05, 0.1) is 18.3 Å². The van der Waals surface area contributed by atoms with Crippen LogP contribution in [0.2, 0.25) is 0 Å². The summed E-state index contributed by atoms with van der Waals surface area (Å²) in [6, 6.07) is 4.06. The molecule has 0 amide bonds. The fraction of sp³-hybridized carbons (Fsp3) is 0.286. The third-order valence-electron chi connectivity index (χ3n) is 3.39. The predicted octanol–water partition coefficient (Wildman–Crippen LogP) is 2.63. The smallest absolute Gasteiger partial charge is 0.307 e. The molecule has 1 aromatic carbocycles. The number of hydrogen-bond acceptors (Lipinski definition) is 2. The number of aliphatic carboxylic acids is 1. The summed E-state index contributed by atoms with van der Waals surface area (Å²) in [5, 5.41) is 15.7. The third-order valence-corrected chi connectivity index (χ3v) is 3.39. The molecule has 0 spiro atoms. The molecule has 0 atom stereocenters. The van der Waals surface area contributed by atoms with Gasteiger partial charge in [0, 0.05) is 11.1 Å². The molecule has 1 heterocycles. The fourth-order valence-electron chi connectivity index (χ4n) is 2.07. The largest absolute Gasteiger partial charge is 0.481 e. The molecular formula is C14H16N2O2. The van der Waals surface area contributed by atoms with Crippen LogP contribution >= 0.6 is 0 Å². The summed E-state index contributed by atoms with van der Waals surface area (Å²) in [6.07, 6.45) is 1.57. The van der Waals surface area contributed by atoms with Crippen LogP contribution < -0.4 is 0 Å². The first kappa shape index (κ1) is 12.4. The first-order valence-electron chi connectivity index (χ1n) is 5.82. The molecule has 1 aromatic heterocycles. The Balaban J connectivity index is 2.53. The zero-order chi connectivity index (χ0) is 13.3. The normalized spacial score (nSPS) is 10.6. The fourth-order valence-corrected chi connectivity index (χ4v) is 2.07. The van der Waals surface area contributed by atoms with E-state index in [1.807, 2.05) is 19.1 Å². The number of nitrogens with one attached hydrogen (secondary N) is 1. The van der Waals surface area contributed by atoms with E-state index in [0.29, 0.717) is 5.56 Å². The lowest BCUT2D eigenvalue weighted by Gasteiger charge is -2.11. The lowest BCUT2D eigenvalue weighted by molar-refractivity contribution is -0.136. The van der Waals surface area contributed by atoms with Gasteiger partial charge in [-0.1, -0.05) is 12.1 Å². The topological polar surface area (TPSA) is 66.0 Å². The van der Waals surface area contributed by atoms with Gasteiger partial charge in [0.1, 0.15) is 0 Å². The molecule has 0 saturated heterocycles. The molecule has 0 radical (unpaired) electrons. The SMILES string of the molecule is Cc1ccc(-c2[nH]ncc2CC(=O)O)c(C)c1C. The van der Waals surface area contributed by atoms with Gasteiger partial charge in [-0.3, -0.25) is 9.89 Å². The summed E-state index contributed by atoms with van der Waals surface area (Å²) in [5.41, 5.74) is 6.16. The van der Waals surface area contributed by atoms with Gasteiger partial charge in [0.15, 0.2) is 0 Å². The van der Waals surface area contributed by atoms with Crippen molar-refractivity contribution < 1.29 is 9.90 Å². The minimum Gasteiger partial charge on any atom is -0.481 e. The zero-order valence-electron chi connectivity index (χ0n) is 10.7. The Kier molecular flexibility index (Phi) is 3.19. The van der Waals surface area contributed by atoms with Gasteiger partial charge in [0.2, 0.25) is 0 Å². The molecule has 0 aliphatic rings. The Bertz CT molecular complexity index is 600. The van der Waals surface area contributed by atoms with Gasteiger partial charge in [-0.2, -0.15) is 5.10 Å². The number of H-pyrrole nitrogens is 1. The van der Waals surface area contributed by atoms with E-state index in [9.17, 15) is 4.79 Å². The maximum atomic E-state index is 10.8. The number of rotatable bonds is 3. The molecule has 4 nitrogen and oxygen atoms in total. The predicted molar refractivity (Wildman–Crippen MR) is 69.6 cm³/mol. The van der Waals surface area contributed by atoms with Gasteiger partial charge < -0.3 is 5.11 Å². The molecule has 2 N–H and O–H groups in total. The highest BCUT2D eigenvalue weighted by Crippen LogP contribution is 2.28. The van der Waals surface area contributed by atoms with E-state index in [2.05, 4.69) is 24.0 Å². The molecule has 94 valence electrons. The highest BCUT2D eigenvalue weighted by Gasteiger charge is 2.14. The van der Waals surface area contributed by atoms with Crippen molar-refractivity contribution in [3.05, 3.63) is 40.6 Å². The van der Waals surface area contributed by atoms with E-state index >= 15 is 0 Å². The summed E-state index contributed by atoms with van der Waals surface area (Å²) in [5.74, 6) is -0.848. The molecule has 0 unspecified atom stereocenters. The minimum absolute atomic E-state index is 0.0157. The van der Waals surface area contributed by atoms with Crippen LogP contribution in [0.1, 0.15) is 22.3 Å². The number of carboxylic acids is 1. The Morgan fingerprint density at radius 1 is 1.28 bits per heavy atom. The maximum absolute atomic E-state index is 10.8. The summed E-state index contributed by atoms with van der Waals surface area (Å²) in [4.78, 5) is 10.8. The first-order chi connectivity index (χ1) is 8.50. The second-order valence-electron chi connectivity index (χ2n) is 4.52. The van der Waals surface area contributed by atoms with E-state index in [1.165, 1.54) is 11.1 Å². The molecule has 0 fully saturated rings. The van der Waals surface area contributed by atoms with Gasteiger partial charge in [-0.05, 0) is 37.5 Å². The number of carboxylic acid groups (broad SMARTS) is 1. The Morgan fingerprint density at radius 3 is 2.67 bits per heavy atom. The van der Waals surface area contributed by atoms with Crippen LogP contribution in [0, 0.1) is 20.8 Å². The van der Waals surface area contributed by atoms with E-state index in [4.69, 9.17) is 5.11 Å². The van der Waals surface area contributed by atoms with E-state index in [-0.39, 0.29) is 6.42 Å². The second kappa shape index (κ2) is 4.64. The number of aromatic nitrogens is 2. The summed E-state index contributed by atoms with van der Waals surface area (Å²) in [6.45, 7) is 6.18. The number of aromatic amines is 1. The van der Waals surface area contributed by atoms with Crippen LogP contribution in [-0.4, -0.2) is 21.3 Å². The molecule has 18 heavy (non-hydrogen) atoms. The molecule has 0 aliphatic heterocycles. The van der Waals surface area contributed by atoms with Crippen LogP contribution in [0.4, 0.5) is 0 Å². The molecule has 0 bridgehead atoms. The molecule has 2 rings (SSSR count). The number of aryl methyl sites for hydroxylation is 1. The number of hydrogen-bond donors (Lipinski definition) is 2. The van der Waals surface area contributed by atoms with Gasteiger partial charge >= 0.3 is 5.97 Å². The van der Waals surface area contributed by atoms with Gasteiger partial charge in [-0.15, -0.1) is 0 Å². The van der Waals surface area contributed by atoms with Crippen molar-refractivity contribution in [3.8, 4) is 11.3 Å². The Morgan fingerprint density at radius 2 is 2.00 bits per heavy atom. The molecule has 0 saturated carbocycles. The van der Waals surface area contributed by atoms with E-state index < -0.39 is 5.97 Å². The summed E-state index contributed by atoms with van der Waals surface area (Å²) >= 11 is 0. The lowest BCUT2D eigenvalue weighted by Crippen LogP contribution is -2.01. The van der Waals surface area contributed by atoms with E-state index in [0.717, 1.165) is 16.8 Å². The number of benzene rings is 1. The highest BCUT2D eigenvalue weighted by atomic mass is 16.4. The Hall–Kier alpha value is -2.10. The quantitative estimate of drug-likeness (QED) is 0.872. The second-order valence-corrected chi connectivity index (χ2v) is 4.52. The van der Waals surface area contributed by atoms with Crippen molar-refractivity contribution in [1.82, 2.24) is 10.2 Å². The Labute approximate surface area is 106 Å². The lowest BCUT2D eigenvalue weighted by atomic mass is 9.95. The first-order valence-corrected chi connectivity index (χ1v) is 5.82. The van der Waals surface area contributed by atoms with Crippen molar-refractivity contribution in [2.24, 2.45) is 0 Å². The highest BCUT2D eigenvalue weighted by molar-refractivity contribution is 5.76. The standard InChI is InChI=1S/C14H16N2O2/c1-8-4-5-12(10(3)9(8)2)14-11(6-13(17)18)7-15-16-14/h4-5,7H,6H2,1-3H3,(H,15,16)(H,17,18). The maximum Gasteiger partial charge on any atom is 0.307 e. The summed E-state index contributed by atoms with van der Waals surface area (Å²) in [7, 11) is 0. The van der Waals surface area contributed by atoms with Crippen molar-refractivity contribution in [2.75, 3.05) is 0 Å². The summed E-state index contributed by atoms with van der Waals surface area (Å²) < 4.78 is 0. The van der Waals surface area contributed by atoms with Crippen LogP contribution in [0.25, 0.3) is 11.3 Å². The average molecular weight is 244 g/mol. The molecular weight excluding hydrogens is 228 g/mol. The molecule has 2 aromatic rings. The number of carbonyl (C=O) groups is 1. The van der Waals surface area contributed by atoms with Crippen molar-refractivity contribution in [1.29, 1.82) is 0 Å². The van der Waals surface area contributed by atoms with Crippen molar-refractivity contribution in [3.63, 3.8) is 0 Å². The van der Waals surface area contributed by atoms with Gasteiger partial charge in [-0.25, -0.2) is 0 Å². The third kappa shape index (κ3) is 2.14. The van der Waals surface area contributed by atoms with Gasteiger partial charge in [0.25, 0.3) is 0 Å². The van der Waals surface area contributed by atoms with Crippen LogP contribution in [-0.2, 0) is 11.2 Å². The van der Waals surface area contributed by atoms with Crippen molar-refractivity contribution in [2.45, 2.75) is 27.2 Å². The zero-order valence-corrected chi connectivity index (χ0v) is 10.7. The van der Waals surface area contributed by atoms with Crippen LogP contribution in [0.3, 0.4) is 0 Å². The van der Waals surface area contributed by atoms with Crippen molar-refractivity contribution >= 4 is 5.97 Å². The molecule has 4 heteroatoms. The van der Waals surface area contributed by atoms with E-state index in [1.54, 1.807) is 6.20 Å².